The van der Waals surface area contributed by atoms with Crippen LogP contribution in [0.1, 0.15) is 6.42 Å². The molecule has 1 heterocycles. The topological polar surface area (TPSA) is 49.4 Å². The molecule has 0 aliphatic carbocycles. The Morgan fingerprint density at radius 2 is 1.57 bits per heavy atom. The zero-order chi connectivity index (χ0) is 16.4. The number of amides is 2. The highest BCUT2D eigenvalue weighted by molar-refractivity contribution is 6.31. The Hall–Kier alpha value is -2.04. The zero-order valence-corrected chi connectivity index (χ0v) is 13.6. The summed E-state index contributed by atoms with van der Waals surface area (Å²) in [5.41, 5.74) is 1.41. The van der Waals surface area contributed by atoms with E-state index in [-0.39, 0.29) is 24.2 Å². The van der Waals surface area contributed by atoms with E-state index in [2.05, 4.69) is 5.32 Å². The van der Waals surface area contributed by atoms with Gasteiger partial charge in [-0.15, -0.1) is 0 Å². The van der Waals surface area contributed by atoms with Crippen LogP contribution in [0.25, 0.3) is 0 Å². The number of benzene rings is 2. The molecule has 3 rings (SSSR count). The lowest BCUT2D eigenvalue weighted by Crippen LogP contribution is -2.28. The van der Waals surface area contributed by atoms with Crippen LogP contribution >= 0.6 is 23.2 Å². The summed E-state index contributed by atoms with van der Waals surface area (Å²) in [6.07, 6.45) is 0.196. The molecule has 0 unspecified atom stereocenters. The van der Waals surface area contributed by atoms with Crippen LogP contribution in [0.2, 0.25) is 10.0 Å². The van der Waals surface area contributed by atoms with Crippen molar-refractivity contribution >= 4 is 46.4 Å². The van der Waals surface area contributed by atoms with Crippen LogP contribution in [0.5, 0.6) is 0 Å². The van der Waals surface area contributed by atoms with Gasteiger partial charge in [0, 0.05) is 34.4 Å². The van der Waals surface area contributed by atoms with Crippen molar-refractivity contribution in [3.63, 3.8) is 0 Å². The van der Waals surface area contributed by atoms with Crippen molar-refractivity contribution in [2.45, 2.75) is 6.42 Å². The Bertz CT molecular complexity index is 729. The van der Waals surface area contributed by atoms with Gasteiger partial charge in [-0.05, 0) is 48.5 Å². The molecule has 1 aliphatic rings. The molecule has 0 aromatic heterocycles. The number of hydrogen-bond donors (Lipinski definition) is 1. The van der Waals surface area contributed by atoms with Gasteiger partial charge in [0.15, 0.2) is 0 Å². The van der Waals surface area contributed by atoms with E-state index < -0.39 is 0 Å². The molecular formula is C17H14Cl2N2O2. The van der Waals surface area contributed by atoms with Gasteiger partial charge in [-0.2, -0.15) is 0 Å². The number of halogens is 2. The minimum atomic E-state index is -0.381. The number of carbonyl (C=O) groups excluding carboxylic acids is 2. The Kier molecular flexibility index (Phi) is 4.55. The van der Waals surface area contributed by atoms with Crippen molar-refractivity contribution in [2.24, 2.45) is 5.92 Å². The van der Waals surface area contributed by atoms with Gasteiger partial charge >= 0.3 is 0 Å². The number of nitrogens with zero attached hydrogens (tertiary/aromatic N) is 1. The first kappa shape index (κ1) is 15.8. The predicted molar refractivity (Wildman–Crippen MR) is 92.0 cm³/mol. The van der Waals surface area contributed by atoms with E-state index in [1.165, 1.54) is 0 Å². The van der Waals surface area contributed by atoms with Crippen molar-refractivity contribution in [1.29, 1.82) is 0 Å². The number of nitrogens with one attached hydrogen (secondary N) is 1. The second-order valence-corrected chi connectivity index (χ2v) is 6.25. The molecule has 0 saturated carbocycles. The molecule has 0 spiro atoms. The molecule has 0 radical (unpaired) electrons. The van der Waals surface area contributed by atoms with Gasteiger partial charge in [0.05, 0.1) is 5.92 Å². The van der Waals surface area contributed by atoms with Crippen molar-refractivity contribution in [3.8, 4) is 0 Å². The van der Waals surface area contributed by atoms with E-state index >= 15 is 0 Å². The molecule has 2 aromatic rings. The van der Waals surface area contributed by atoms with E-state index in [0.717, 1.165) is 5.69 Å². The van der Waals surface area contributed by atoms with E-state index in [0.29, 0.717) is 22.3 Å². The van der Waals surface area contributed by atoms with Crippen LogP contribution in [-0.4, -0.2) is 18.4 Å². The van der Waals surface area contributed by atoms with Crippen LogP contribution in [0.15, 0.2) is 48.5 Å². The molecule has 2 amide bonds. The summed E-state index contributed by atoms with van der Waals surface area (Å²) in [4.78, 5) is 26.1. The quantitative estimate of drug-likeness (QED) is 0.911. The summed E-state index contributed by atoms with van der Waals surface area (Å²) in [7, 11) is 0. The SMILES string of the molecule is O=C(Nc1ccc(Cl)cc1)[C@@H]1CC(=O)N(c2ccc(Cl)cc2)C1. The summed E-state index contributed by atoms with van der Waals surface area (Å²) < 4.78 is 0. The molecule has 1 fully saturated rings. The normalized spacial score (nSPS) is 17.4. The Labute approximate surface area is 144 Å². The van der Waals surface area contributed by atoms with Crippen LogP contribution in [0.4, 0.5) is 11.4 Å². The lowest BCUT2D eigenvalue weighted by atomic mass is 10.1. The van der Waals surface area contributed by atoms with E-state index in [1.807, 2.05) is 0 Å². The highest BCUT2D eigenvalue weighted by atomic mass is 35.5. The molecule has 1 N–H and O–H groups in total. The summed E-state index contributed by atoms with van der Waals surface area (Å²) in [5, 5.41) is 4.03. The number of hydrogen-bond acceptors (Lipinski definition) is 2. The van der Waals surface area contributed by atoms with Crippen LogP contribution in [0.3, 0.4) is 0 Å². The second kappa shape index (κ2) is 6.60. The van der Waals surface area contributed by atoms with E-state index in [4.69, 9.17) is 23.2 Å². The maximum Gasteiger partial charge on any atom is 0.229 e. The molecule has 1 atom stereocenters. The third-order valence-electron chi connectivity index (χ3n) is 3.75. The molecule has 23 heavy (non-hydrogen) atoms. The maximum atomic E-state index is 12.3. The maximum absolute atomic E-state index is 12.3. The largest absolute Gasteiger partial charge is 0.326 e. The standard InChI is InChI=1S/C17H14Cl2N2O2/c18-12-1-5-14(6-2-12)20-17(23)11-9-16(22)21(10-11)15-7-3-13(19)4-8-15/h1-8,11H,9-10H2,(H,20,23)/t11-/m1/s1. The first-order chi connectivity index (χ1) is 11.0. The van der Waals surface area contributed by atoms with Crippen molar-refractivity contribution < 1.29 is 9.59 Å². The minimum Gasteiger partial charge on any atom is -0.326 e. The van der Waals surface area contributed by atoms with E-state index in [1.54, 1.807) is 53.4 Å². The van der Waals surface area contributed by atoms with Gasteiger partial charge in [0.2, 0.25) is 11.8 Å². The molecule has 118 valence electrons. The smallest absolute Gasteiger partial charge is 0.229 e. The van der Waals surface area contributed by atoms with Gasteiger partial charge < -0.3 is 10.2 Å². The fourth-order valence-electron chi connectivity index (χ4n) is 2.53. The van der Waals surface area contributed by atoms with Crippen LogP contribution in [0, 0.1) is 5.92 Å². The minimum absolute atomic E-state index is 0.0661. The van der Waals surface area contributed by atoms with Gasteiger partial charge in [-0.1, -0.05) is 23.2 Å². The monoisotopic (exact) mass is 348 g/mol. The fourth-order valence-corrected chi connectivity index (χ4v) is 2.78. The fraction of sp³-hybridized carbons (Fsp3) is 0.176. The number of rotatable bonds is 3. The highest BCUT2D eigenvalue weighted by Crippen LogP contribution is 2.27. The first-order valence-electron chi connectivity index (χ1n) is 7.15. The molecule has 1 aliphatic heterocycles. The predicted octanol–water partition coefficient (Wildman–Crippen LogP) is 3.99. The third kappa shape index (κ3) is 3.66. The van der Waals surface area contributed by atoms with Crippen LogP contribution in [-0.2, 0) is 9.59 Å². The second-order valence-electron chi connectivity index (χ2n) is 5.38. The number of anilines is 2. The number of carbonyl (C=O) groups is 2. The highest BCUT2D eigenvalue weighted by Gasteiger charge is 2.35. The average molecular weight is 349 g/mol. The Morgan fingerprint density at radius 3 is 2.17 bits per heavy atom. The van der Waals surface area contributed by atoms with Crippen molar-refractivity contribution in [3.05, 3.63) is 58.6 Å². The van der Waals surface area contributed by atoms with Crippen LogP contribution < -0.4 is 10.2 Å². The van der Waals surface area contributed by atoms with E-state index in [9.17, 15) is 9.59 Å². The summed E-state index contributed by atoms with van der Waals surface area (Å²) in [5.74, 6) is -0.616. The third-order valence-corrected chi connectivity index (χ3v) is 4.25. The van der Waals surface area contributed by atoms with Gasteiger partial charge in [-0.3, -0.25) is 9.59 Å². The summed E-state index contributed by atoms with van der Waals surface area (Å²) in [6.45, 7) is 0.361. The molecule has 4 nitrogen and oxygen atoms in total. The van der Waals surface area contributed by atoms with Crippen molar-refractivity contribution in [2.75, 3.05) is 16.8 Å². The Balaban J connectivity index is 1.68. The lowest BCUT2D eigenvalue weighted by molar-refractivity contribution is -0.122. The Morgan fingerprint density at radius 1 is 1.00 bits per heavy atom. The molecule has 6 heteroatoms. The lowest BCUT2D eigenvalue weighted by Gasteiger charge is -2.16. The first-order valence-corrected chi connectivity index (χ1v) is 7.91. The van der Waals surface area contributed by atoms with Gasteiger partial charge in [-0.25, -0.2) is 0 Å². The molecule has 2 aromatic carbocycles. The molecule has 0 bridgehead atoms. The van der Waals surface area contributed by atoms with Gasteiger partial charge in [0.1, 0.15) is 0 Å². The summed E-state index contributed by atoms with van der Waals surface area (Å²) >= 11 is 11.7. The zero-order valence-electron chi connectivity index (χ0n) is 12.1. The average Bonchev–Trinajstić information content (AvgIpc) is 2.92. The van der Waals surface area contributed by atoms with Crippen molar-refractivity contribution in [1.82, 2.24) is 0 Å². The van der Waals surface area contributed by atoms with Gasteiger partial charge in [0.25, 0.3) is 0 Å². The summed E-state index contributed by atoms with van der Waals surface area (Å²) in [6, 6.07) is 13.9. The molecule has 1 saturated heterocycles. The molecular weight excluding hydrogens is 335 g/mol.